The minimum absolute atomic E-state index is 0.0340. The van der Waals surface area contributed by atoms with Gasteiger partial charge in [-0.3, -0.25) is 10.1 Å². The van der Waals surface area contributed by atoms with E-state index in [-0.39, 0.29) is 5.69 Å². The van der Waals surface area contributed by atoms with E-state index in [1.54, 1.807) is 6.07 Å². The van der Waals surface area contributed by atoms with Crippen LogP contribution < -0.4 is 5.32 Å². The van der Waals surface area contributed by atoms with Crippen molar-refractivity contribution in [2.45, 2.75) is 39.2 Å². The van der Waals surface area contributed by atoms with Crippen LogP contribution in [0.15, 0.2) is 18.2 Å². The van der Waals surface area contributed by atoms with E-state index >= 15 is 0 Å². The molecule has 1 rings (SSSR count). The standard InChI is InChI=1S/C13H19ClN2O2/c1-2-3-4-5-8-15-10-11-6-7-12(16(17)18)9-13(11)14/h6-7,9,15H,2-5,8,10H2,1H3. The predicted molar refractivity (Wildman–Crippen MR) is 74.0 cm³/mol. The van der Waals surface area contributed by atoms with Gasteiger partial charge in [0.15, 0.2) is 0 Å². The third-order valence-corrected chi connectivity index (χ3v) is 3.12. The van der Waals surface area contributed by atoms with Crippen LogP contribution in [-0.4, -0.2) is 11.5 Å². The van der Waals surface area contributed by atoms with Crippen LogP contribution in [0.25, 0.3) is 0 Å². The summed E-state index contributed by atoms with van der Waals surface area (Å²) in [6, 6.07) is 4.59. The first kappa shape index (κ1) is 14.9. The third-order valence-electron chi connectivity index (χ3n) is 2.77. The van der Waals surface area contributed by atoms with Crippen molar-refractivity contribution in [2.75, 3.05) is 6.54 Å². The fraction of sp³-hybridized carbons (Fsp3) is 0.538. The van der Waals surface area contributed by atoms with Gasteiger partial charge in [-0.05, 0) is 24.6 Å². The number of nitrogens with zero attached hydrogens (tertiary/aromatic N) is 1. The number of benzene rings is 1. The minimum Gasteiger partial charge on any atom is -0.313 e. The summed E-state index contributed by atoms with van der Waals surface area (Å²) in [5, 5.41) is 14.3. The van der Waals surface area contributed by atoms with Gasteiger partial charge in [0, 0.05) is 18.7 Å². The number of hydrogen-bond acceptors (Lipinski definition) is 3. The average molecular weight is 271 g/mol. The maximum absolute atomic E-state index is 10.6. The van der Waals surface area contributed by atoms with Crippen LogP contribution in [0.1, 0.15) is 38.2 Å². The first-order chi connectivity index (χ1) is 8.65. The molecule has 0 unspecified atom stereocenters. The molecule has 0 aliphatic heterocycles. The predicted octanol–water partition coefficient (Wildman–Crippen LogP) is 3.92. The van der Waals surface area contributed by atoms with Gasteiger partial charge in [-0.15, -0.1) is 0 Å². The zero-order valence-electron chi connectivity index (χ0n) is 10.6. The highest BCUT2D eigenvalue weighted by molar-refractivity contribution is 6.31. The Morgan fingerprint density at radius 1 is 1.33 bits per heavy atom. The average Bonchev–Trinajstić information content (AvgIpc) is 2.35. The summed E-state index contributed by atoms with van der Waals surface area (Å²) in [6.07, 6.45) is 4.88. The number of nitro groups is 1. The first-order valence-electron chi connectivity index (χ1n) is 6.28. The molecular weight excluding hydrogens is 252 g/mol. The highest BCUT2D eigenvalue weighted by Crippen LogP contribution is 2.22. The van der Waals surface area contributed by atoms with E-state index in [2.05, 4.69) is 12.2 Å². The number of nitro benzene ring substituents is 1. The molecule has 1 aromatic rings. The lowest BCUT2D eigenvalue weighted by Crippen LogP contribution is -2.14. The van der Waals surface area contributed by atoms with E-state index in [1.807, 2.05) is 0 Å². The molecule has 0 radical (unpaired) electrons. The Morgan fingerprint density at radius 2 is 2.11 bits per heavy atom. The number of hydrogen-bond donors (Lipinski definition) is 1. The van der Waals surface area contributed by atoms with Gasteiger partial charge < -0.3 is 5.32 Å². The Hall–Kier alpha value is -1.13. The molecule has 100 valence electrons. The van der Waals surface area contributed by atoms with E-state index in [1.165, 1.54) is 31.4 Å². The van der Waals surface area contributed by atoms with Gasteiger partial charge in [0.1, 0.15) is 0 Å². The molecule has 5 heteroatoms. The van der Waals surface area contributed by atoms with Crippen LogP contribution in [-0.2, 0) is 6.54 Å². The van der Waals surface area contributed by atoms with Gasteiger partial charge in [0.2, 0.25) is 0 Å². The van der Waals surface area contributed by atoms with Crippen molar-refractivity contribution >= 4 is 17.3 Å². The molecule has 0 amide bonds. The zero-order valence-corrected chi connectivity index (χ0v) is 11.4. The van der Waals surface area contributed by atoms with Gasteiger partial charge in [0.25, 0.3) is 5.69 Å². The van der Waals surface area contributed by atoms with Crippen molar-refractivity contribution in [3.05, 3.63) is 38.9 Å². The number of non-ortho nitro benzene ring substituents is 1. The van der Waals surface area contributed by atoms with Gasteiger partial charge in [-0.25, -0.2) is 0 Å². The first-order valence-corrected chi connectivity index (χ1v) is 6.66. The fourth-order valence-corrected chi connectivity index (χ4v) is 1.93. The largest absolute Gasteiger partial charge is 0.313 e. The molecule has 0 aliphatic carbocycles. The number of nitrogens with one attached hydrogen (secondary N) is 1. The molecule has 0 saturated heterocycles. The quantitative estimate of drug-likeness (QED) is 0.442. The highest BCUT2D eigenvalue weighted by Gasteiger charge is 2.08. The second-order valence-corrected chi connectivity index (χ2v) is 4.68. The van der Waals surface area contributed by atoms with Crippen molar-refractivity contribution in [2.24, 2.45) is 0 Å². The SMILES string of the molecule is CCCCCCNCc1ccc([N+](=O)[O-])cc1Cl. The fourth-order valence-electron chi connectivity index (χ4n) is 1.69. The van der Waals surface area contributed by atoms with Gasteiger partial charge in [-0.1, -0.05) is 37.8 Å². The van der Waals surface area contributed by atoms with E-state index in [0.29, 0.717) is 11.6 Å². The van der Waals surface area contributed by atoms with Crippen LogP contribution in [0.3, 0.4) is 0 Å². The normalized spacial score (nSPS) is 10.6. The lowest BCUT2D eigenvalue weighted by atomic mass is 10.2. The van der Waals surface area contributed by atoms with Crippen molar-refractivity contribution in [3.63, 3.8) is 0 Å². The summed E-state index contributed by atoms with van der Waals surface area (Å²) >= 11 is 5.99. The van der Waals surface area contributed by atoms with Crippen LogP contribution >= 0.6 is 11.6 Å². The molecule has 0 heterocycles. The van der Waals surface area contributed by atoms with Crippen LogP contribution in [0, 0.1) is 10.1 Å². The van der Waals surface area contributed by atoms with E-state index < -0.39 is 4.92 Å². The molecule has 0 saturated carbocycles. The Morgan fingerprint density at radius 3 is 2.72 bits per heavy atom. The lowest BCUT2D eigenvalue weighted by molar-refractivity contribution is -0.384. The molecule has 1 aromatic carbocycles. The van der Waals surface area contributed by atoms with Crippen molar-refractivity contribution < 1.29 is 4.92 Å². The summed E-state index contributed by atoms with van der Waals surface area (Å²) in [7, 11) is 0. The molecule has 0 aromatic heterocycles. The monoisotopic (exact) mass is 270 g/mol. The Balaban J connectivity index is 2.36. The van der Waals surface area contributed by atoms with E-state index in [0.717, 1.165) is 18.5 Å². The van der Waals surface area contributed by atoms with Gasteiger partial charge >= 0.3 is 0 Å². The summed E-state index contributed by atoms with van der Waals surface area (Å²) in [5.41, 5.74) is 0.935. The van der Waals surface area contributed by atoms with Gasteiger partial charge in [0.05, 0.1) is 9.95 Å². The van der Waals surface area contributed by atoms with Crippen molar-refractivity contribution in [3.8, 4) is 0 Å². The van der Waals surface area contributed by atoms with E-state index in [9.17, 15) is 10.1 Å². The summed E-state index contributed by atoms with van der Waals surface area (Å²) < 4.78 is 0. The molecule has 0 spiro atoms. The van der Waals surface area contributed by atoms with Crippen LogP contribution in [0.2, 0.25) is 5.02 Å². The van der Waals surface area contributed by atoms with Crippen LogP contribution in [0.5, 0.6) is 0 Å². The Bertz CT molecular complexity index is 397. The maximum Gasteiger partial charge on any atom is 0.270 e. The lowest BCUT2D eigenvalue weighted by Gasteiger charge is -2.06. The summed E-state index contributed by atoms with van der Waals surface area (Å²) in [4.78, 5) is 10.1. The minimum atomic E-state index is -0.437. The summed E-state index contributed by atoms with van der Waals surface area (Å²) in [5.74, 6) is 0. The summed E-state index contributed by atoms with van der Waals surface area (Å²) in [6.45, 7) is 3.79. The molecule has 0 atom stereocenters. The molecule has 18 heavy (non-hydrogen) atoms. The number of unbranched alkanes of at least 4 members (excludes halogenated alkanes) is 3. The molecule has 0 bridgehead atoms. The Kier molecular flexibility index (Phi) is 6.68. The highest BCUT2D eigenvalue weighted by atomic mass is 35.5. The molecular formula is C13H19ClN2O2. The second-order valence-electron chi connectivity index (χ2n) is 4.27. The third kappa shape index (κ3) is 5.02. The maximum atomic E-state index is 10.6. The number of halogens is 1. The van der Waals surface area contributed by atoms with Crippen molar-refractivity contribution in [1.82, 2.24) is 5.32 Å². The van der Waals surface area contributed by atoms with E-state index in [4.69, 9.17) is 11.6 Å². The molecule has 1 N–H and O–H groups in total. The topological polar surface area (TPSA) is 55.2 Å². The van der Waals surface area contributed by atoms with Gasteiger partial charge in [-0.2, -0.15) is 0 Å². The van der Waals surface area contributed by atoms with Crippen molar-refractivity contribution in [1.29, 1.82) is 0 Å². The molecule has 4 nitrogen and oxygen atoms in total. The van der Waals surface area contributed by atoms with Crippen LogP contribution in [0.4, 0.5) is 5.69 Å². The number of rotatable bonds is 8. The second kappa shape index (κ2) is 8.06. The smallest absolute Gasteiger partial charge is 0.270 e. The zero-order chi connectivity index (χ0) is 13.4. The molecule has 0 fully saturated rings. The molecule has 0 aliphatic rings. The Labute approximate surface area is 112 Å².